The average molecular weight is 250 g/mol. The number of hydrogen-bond acceptors (Lipinski definition) is 6. The molecule has 0 saturated carbocycles. The van der Waals surface area contributed by atoms with Crippen LogP contribution in [0.4, 0.5) is 5.69 Å². The van der Waals surface area contributed by atoms with Gasteiger partial charge in [0.2, 0.25) is 0 Å². The summed E-state index contributed by atoms with van der Waals surface area (Å²) in [4.78, 5) is 8.04. The van der Waals surface area contributed by atoms with Gasteiger partial charge in [-0.05, 0) is 18.2 Å². The number of aromatic nitrogens is 3. The van der Waals surface area contributed by atoms with E-state index < -0.39 is 0 Å². The lowest BCUT2D eigenvalue weighted by molar-refractivity contribution is 0.562. The fourth-order valence-corrected chi connectivity index (χ4v) is 1.72. The fraction of sp³-hybridized carbons (Fsp3) is 0. The van der Waals surface area contributed by atoms with Gasteiger partial charge in [-0.25, -0.2) is 9.55 Å². The van der Waals surface area contributed by atoms with Crippen LogP contribution in [0.15, 0.2) is 28.9 Å². The van der Waals surface area contributed by atoms with Gasteiger partial charge in [0, 0.05) is 5.69 Å². The summed E-state index contributed by atoms with van der Waals surface area (Å²) < 4.78 is 6.83. The topological polar surface area (TPSA) is 117 Å². The molecule has 3 aromatic rings. The Labute approximate surface area is 107 Å². The molecule has 0 spiro atoms. The highest BCUT2D eigenvalue weighted by Crippen LogP contribution is 2.21. The highest BCUT2D eigenvalue weighted by Gasteiger charge is 2.16. The number of nitrogen functional groups attached to an aromatic ring is 1. The molecule has 0 aliphatic carbocycles. The van der Waals surface area contributed by atoms with Crippen molar-refractivity contribution in [3.05, 3.63) is 35.9 Å². The molecule has 0 fully saturated rings. The Morgan fingerprint density at radius 1 is 1.26 bits per heavy atom. The lowest BCUT2D eigenvalue weighted by Crippen LogP contribution is -1.96. The molecule has 0 bridgehead atoms. The number of oxazole rings is 1. The molecule has 2 heterocycles. The molecule has 90 valence electrons. The van der Waals surface area contributed by atoms with Crippen molar-refractivity contribution < 1.29 is 4.42 Å². The highest BCUT2D eigenvalue weighted by molar-refractivity contribution is 5.77. The maximum atomic E-state index is 9.05. The van der Waals surface area contributed by atoms with Crippen molar-refractivity contribution in [2.75, 3.05) is 5.73 Å². The molecule has 2 aromatic heterocycles. The van der Waals surface area contributed by atoms with Crippen molar-refractivity contribution in [2.45, 2.75) is 0 Å². The van der Waals surface area contributed by atoms with E-state index in [2.05, 4.69) is 9.97 Å². The van der Waals surface area contributed by atoms with Gasteiger partial charge in [0.05, 0.1) is 0 Å². The summed E-state index contributed by atoms with van der Waals surface area (Å²) in [6.07, 6.45) is 1.32. The maximum absolute atomic E-state index is 9.05. The van der Waals surface area contributed by atoms with Gasteiger partial charge in [0.1, 0.15) is 24.0 Å². The van der Waals surface area contributed by atoms with Gasteiger partial charge in [-0.15, -0.1) is 0 Å². The first-order valence-electron chi connectivity index (χ1n) is 5.27. The second kappa shape index (κ2) is 3.86. The highest BCUT2D eigenvalue weighted by atomic mass is 16.4. The number of hydrogen-bond donors (Lipinski definition) is 1. The number of nitrogens with zero attached hydrogens (tertiary/aromatic N) is 5. The molecule has 7 nitrogen and oxygen atoms in total. The van der Waals surface area contributed by atoms with Gasteiger partial charge in [0.25, 0.3) is 0 Å². The van der Waals surface area contributed by atoms with E-state index in [0.717, 1.165) is 0 Å². The normalized spacial score (nSPS) is 10.2. The zero-order valence-electron chi connectivity index (χ0n) is 9.53. The van der Waals surface area contributed by atoms with Gasteiger partial charge >= 0.3 is 6.01 Å². The van der Waals surface area contributed by atoms with Crippen LogP contribution in [0.2, 0.25) is 0 Å². The lowest BCUT2D eigenvalue weighted by atomic mass is 10.3. The molecule has 7 heteroatoms. The number of anilines is 1. The molecule has 2 N–H and O–H groups in total. The van der Waals surface area contributed by atoms with Crippen LogP contribution in [0.25, 0.3) is 17.1 Å². The molecule has 0 atom stereocenters. The standard InChI is InChI=1S/C12H6N6O/c13-4-9-10(5-14)18(6-16-9)12-17-8-3-7(15)1-2-11(8)19-12/h1-3,6H,15H2. The van der Waals surface area contributed by atoms with E-state index >= 15 is 0 Å². The molecular weight excluding hydrogens is 244 g/mol. The van der Waals surface area contributed by atoms with Crippen molar-refractivity contribution in [2.24, 2.45) is 0 Å². The minimum Gasteiger partial charge on any atom is -0.423 e. The molecule has 0 unspecified atom stereocenters. The molecule has 0 aliphatic rings. The zero-order valence-corrected chi connectivity index (χ0v) is 9.53. The third kappa shape index (κ3) is 1.58. The predicted octanol–water partition coefficient (Wildman–Crippen LogP) is 1.34. The fourth-order valence-electron chi connectivity index (χ4n) is 1.72. The average Bonchev–Trinajstić information content (AvgIpc) is 3.00. The van der Waals surface area contributed by atoms with E-state index in [9.17, 15) is 0 Å². The molecule has 1 aromatic carbocycles. The molecule has 0 saturated heterocycles. The Morgan fingerprint density at radius 2 is 2.11 bits per heavy atom. The smallest absolute Gasteiger partial charge is 0.309 e. The molecule has 0 amide bonds. The SMILES string of the molecule is N#Cc1ncn(-c2nc3cc(N)ccc3o2)c1C#N. The first-order valence-corrected chi connectivity index (χ1v) is 5.27. The van der Waals surface area contributed by atoms with Gasteiger partial charge in [0.15, 0.2) is 17.0 Å². The number of nitriles is 2. The van der Waals surface area contributed by atoms with Crippen LogP contribution in [0.1, 0.15) is 11.4 Å². The van der Waals surface area contributed by atoms with Gasteiger partial charge in [-0.3, -0.25) is 0 Å². The number of benzene rings is 1. The van der Waals surface area contributed by atoms with Crippen LogP contribution in [-0.4, -0.2) is 14.5 Å². The minimum absolute atomic E-state index is 0.0317. The quantitative estimate of drug-likeness (QED) is 0.651. The molecule has 0 aliphatic heterocycles. The summed E-state index contributed by atoms with van der Waals surface area (Å²) in [7, 11) is 0. The van der Waals surface area contributed by atoms with E-state index in [1.54, 1.807) is 18.2 Å². The zero-order chi connectivity index (χ0) is 13.4. The van der Waals surface area contributed by atoms with Crippen LogP contribution in [0, 0.1) is 22.7 Å². The van der Waals surface area contributed by atoms with Crippen LogP contribution in [0.3, 0.4) is 0 Å². The Morgan fingerprint density at radius 3 is 2.84 bits per heavy atom. The van der Waals surface area contributed by atoms with Crippen LogP contribution < -0.4 is 5.73 Å². The summed E-state index contributed by atoms with van der Waals surface area (Å²) in [6, 6.07) is 8.96. The summed E-state index contributed by atoms with van der Waals surface area (Å²) in [5.41, 5.74) is 7.46. The first kappa shape index (κ1) is 10.8. The van der Waals surface area contributed by atoms with Crippen LogP contribution >= 0.6 is 0 Å². The van der Waals surface area contributed by atoms with Crippen LogP contribution in [-0.2, 0) is 0 Å². The third-order valence-corrected chi connectivity index (χ3v) is 2.59. The Bertz CT molecular complexity index is 861. The lowest BCUT2D eigenvalue weighted by Gasteiger charge is -1.94. The van der Waals surface area contributed by atoms with Crippen molar-refractivity contribution in [3.8, 4) is 18.2 Å². The van der Waals surface area contributed by atoms with Gasteiger partial charge < -0.3 is 10.2 Å². The van der Waals surface area contributed by atoms with Gasteiger partial charge in [-0.2, -0.15) is 15.5 Å². The second-order valence-electron chi connectivity index (χ2n) is 3.76. The van der Waals surface area contributed by atoms with E-state index in [1.807, 2.05) is 12.1 Å². The van der Waals surface area contributed by atoms with Crippen molar-refractivity contribution in [3.63, 3.8) is 0 Å². The second-order valence-corrected chi connectivity index (χ2v) is 3.76. The number of imidazole rings is 1. The van der Waals surface area contributed by atoms with E-state index in [-0.39, 0.29) is 17.4 Å². The molecule has 19 heavy (non-hydrogen) atoms. The Hall–Kier alpha value is -3.32. The van der Waals surface area contributed by atoms with Crippen molar-refractivity contribution in [1.82, 2.24) is 14.5 Å². The molecule has 0 radical (unpaired) electrons. The number of fused-ring (bicyclic) bond motifs is 1. The Balaban J connectivity index is 2.23. The van der Waals surface area contributed by atoms with E-state index in [1.165, 1.54) is 10.9 Å². The number of nitrogens with two attached hydrogens (primary N) is 1. The molecule has 3 rings (SSSR count). The largest absolute Gasteiger partial charge is 0.423 e. The third-order valence-electron chi connectivity index (χ3n) is 2.59. The summed E-state index contributed by atoms with van der Waals surface area (Å²) in [6.45, 7) is 0. The van der Waals surface area contributed by atoms with Crippen molar-refractivity contribution in [1.29, 1.82) is 10.5 Å². The summed E-state index contributed by atoms with van der Waals surface area (Å²) in [5.74, 6) is 0. The van der Waals surface area contributed by atoms with Gasteiger partial charge in [-0.1, -0.05) is 0 Å². The monoisotopic (exact) mass is 250 g/mol. The summed E-state index contributed by atoms with van der Waals surface area (Å²) in [5, 5.41) is 17.9. The van der Waals surface area contributed by atoms with Crippen molar-refractivity contribution >= 4 is 16.8 Å². The molecular formula is C12H6N6O. The number of rotatable bonds is 1. The maximum Gasteiger partial charge on any atom is 0.309 e. The summed E-state index contributed by atoms with van der Waals surface area (Å²) >= 11 is 0. The Kier molecular flexibility index (Phi) is 2.20. The predicted molar refractivity (Wildman–Crippen MR) is 65.0 cm³/mol. The minimum atomic E-state index is 0.0317. The van der Waals surface area contributed by atoms with E-state index in [0.29, 0.717) is 16.8 Å². The van der Waals surface area contributed by atoms with Crippen LogP contribution in [0.5, 0.6) is 0 Å². The first-order chi connectivity index (χ1) is 9.22. The van der Waals surface area contributed by atoms with E-state index in [4.69, 9.17) is 20.7 Å².